The fourth-order valence-electron chi connectivity index (χ4n) is 2.98. The van der Waals surface area contributed by atoms with Crippen molar-refractivity contribution in [1.29, 1.82) is 0 Å². The van der Waals surface area contributed by atoms with Gasteiger partial charge in [0.25, 0.3) is 0 Å². The fraction of sp³-hybridized carbons (Fsp3) is 0.0476. The Labute approximate surface area is 162 Å². The second-order valence-electron chi connectivity index (χ2n) is 5.81. The molecule has 128 valence electrons. The predicted molar refractivity (Wildman–Crippen MR) is 108 cm³/mol. The molecule has 0 saturated heterocycles. The lowest BCUT2D eigenvalue weighted by atomic mass is 10.0. The van der Waals surface area contributed by atoms with E-state index < -0.39 is 11.6 Å². The molecule has 0 amide bonds. The molecule has 0 unspecified atom stereocenters. The van der Waals surface area contributed by atoms with Gasteiger partial charge in [-0.25, -0.2) is 9.59 Å². The SMILES string of the molecule is O=C(OCc1cc(=O)oc2ccc3ccccc3c12)c1ccccc1I. The van der Waals surface area contributed by atoms with E-state index in [4.69, 9.17) is 9.15 Å². The van der Waals surface area contributed by atoms with Crippen molar-refractivity contribution in [1.82, 2.24) is 0 Å². The fourth-order valence-corrected chi connectivity index (χ4v) is 3.59. The average Bonchev–Trinajstić information content (AvgIpc) is 2.65. The smallest absolute Gasteiger partial charge is 0.339 e. The maximum atomic E-state index is 12.4. The number of ether oxygens (including phenoxy) is 1. The van der Waals surface area contributed by atoms with Gasteiger partial charge in [0.05, 0.1) is 5.56 Å². The van der Waals surface area contributed by atoms with Crippen molar-refractivity contribution in [2.24, 2.45) is 0 Å². The third-order valence-electron chi connectivity index (χ3n) is 4.17. The first-order chi connectivity index (χ1) is 12.6. The van der Waals surface area contributed by atoms with E-state index in [-0.39, 0.29) is 6.61 Å². The summed E-state index contributed by atoms with van der Waals surface area (Å²) in [4.78, 5) is 24.3. The van der Waals surface area contributed by atoms with Crippen molar-refractivity contribution in [3.8, 4) is 0 Å². The quantitative estimate of drug-likeness (QED) is 0.190. The molecule has 4 aromatic rings. The molecule has 1 aromatic heterocycles. The van der Waals surface area contributed by atoms with E-state index in [9.17, 15) is 9.59 Å². The minimum atomic E-state index is -0.465. The molecule has 0 N–H and O–H groups in total. The number of hydrogen-bond donors (Lipinski definition) is 0. The van der Waals surface area contributed by atoms with Crippen molar-refractivity contribution in [2.45, 2.75) is 6.61 Å². The van der Waals surface area contributed by atoms with E-state index in [2.05, 4.69) is 22.6 Å². The van der Waals surface area contributed by atoms with Gasteiger partial charge in [-0.05, 0) is 51.6 Å². The predicted octanol–water partition coefficient (Wildman–Crippen LogP) is 4.91. The molecule has 0 saturated carbocycles. The monoisotopic (exact) mass is 456 g/mol. The summed E-state index contributed by atoms with van der Waals surface area (Å²) < 4.78 is 11.6. The molecule has 1 heterocycles. The lowest BCUT2D eigenvalue weighted by molar-refractivity contribution is 0.0472. The Morgan fingerprint density at radius 2 is 1.77 bits per heavy atom. The number of carbonyl (C=O) groups excluding carboxylic acids is 1. The maximum Gasteiger partial charge on any atom is 0.339 e. The van der Waals surface area contributed by atoms with Crippen LogP contribution in [0, 0.1) is 3.57 Å². The zero-order valence-corrected chi connectivity index (χ0v) is 15.7. The van der Waals surface area contributed by atoms with Crippen LogP contribution >= 0.6 is 22.6 Å². The van der Waals surface area contributed by atoms with Crippen molar-refractivity contribution in [2.75, 3.05) is 0 Å². The highest BCUT2D eigenvalue weighted by Gasteiger charge is 2.14. The van der Waals surface area contributed by atoms with Crippen LogP contribution in [-0.2, 0) is 11.3 Å². The Kier molecular flexibility index (Phi) is 4.46. The van der Waals surface area contributed by atoms with Crippen molar-refractivity contribution < 1.29 is 13.9 Å². The number of hydrogen-bond acceptors (Lipinski definition) is 4. The van der Waals surface area contributed by atoms with Gasteiger partial charge in [-0.1, -0.05) is 42.5 Å². The van der Waals surface area contributed by atoms with Crippen LogP contribution in [0.2, 0.25) is 0 Å². The average molecular weight is 456 g/mol. The highest BCUT2D eigenvalue weighted by atomic mass is 127. The number of esters is 1. The second-order valence-corrected chi connectivity index (χ2v) is 6.97. The summed E-state index contributed by atoms with van der Waals surface area (Å²) in [6.45, 7) is -0.0000841. The number of benzene rings is 3. The van der Waals surface area contributed by atoms with Crippen LogP contribution < -0.4 is 5.63 Å². The van der Waals surface area contributed by atoms with Gasteiger partial charge in [0, 0.05) is 20.6 Å². The molecule has 0 spiro atoms. The molecule has 5 heteroatoms. The molecular weight excluding hydrogens is 443 g/mol. The summed E-state index contributed by atoms with van der Waals surface area (Å²) in [5.74, 6) is -0.420. The summed E-state index contributed by atoms with van der Waals surface area (Å²) in [6, 6.07) is 20.1. The highest BCUT2D eigenvalue weighted by Crippen LogP contribution is 2.28. The number of carbonyl (C=O) groups is 1. The first-order valence-corrected chi connectivity index (χ1v) is 9.07. The van der Waals surface area contributed by atoms with Crippen LogP contribution in [0.1, 0.15) is 15.9 Å². The normalized spacial score (nSPS) is 11.0. The van der Waals surface area contributed by atoms with Gasteiger partial charge in [-0.3, -0.25) is 0 Å². The van der Waals surface area contributed by atoms with Crippen molar-refractivity contribution in [3.63, 3.8) is 0 Å². The van der Waals surface area contributed by atoms with Gasteiger partial charge < -0.3 is 9.15 Å². The number of rotatable bonds is 3. The van der Waals surface area contributed by atoms with Gasteiger partial charge >= 0.3 is 11.6 Å². The van der Waals surface area contributed by atoms with Gasteiger partial charge in [-0.2, -0.15) is 0 Å². The lowest BCUT2D eigenvalue weighted by Gasteiger charge is -2.10. The standard InChI is InChI=1S/C21H13IO4/c22-17-8-4-3-7-16(17)21(24)25-12-14-11-19(23)26-18-10-9-13-5-1-2-6-15(13)20(14)18/h1-11H,12H2. The minimum Gasteiger partial charge on any atom is -0.457 e. The molecular formula is C21H13IO4. The van der Waals surface area contributed by atoms with Crippen LogP contribution in [0.25, 0.3) is 21.7 Å². The Balaban J connectivity index is 1.76. The summed E-state index contributed by atoms with van der Waals surface area (Å²) in [7, 11) is 0. The molecule has 0 aliphatic heterocycles. The summed E-state index contributed by atoms with van der Waals surface area (Å²) >= 11 is 2.10. The van der Waals surface area contributed by atoms with Gasteiger partial charge in [0.1, 0.15) is 12.2 Å². The molecule has 4 nitrogen and oxygen atoms in total. The first kappa shape index (κ1) is 16.8. The zero-order valence-electron chi connectivity index (χ0n) is 13.6. The van der Waals surface area contributed by atoms with Crippen LogP contribution in [0.4, 0.5) is 0 Å². The Hall–Kier alpha value is -2.67. The lowest BCUT2D eigenvalue weighted by Crippen LogP contribution is -2.09. The van der Waals surface area contributed by atoms with Crippen molar-refractivity contribution >= 4 is 50.3 Å². The second kappa shape index (κ2) is 6.92. The van der Waals surface area contributed by atoms with E-state index in [0.717, 1.165) is 19.7 Å². The Bertz CT molecular complexity index is 1190. The summed E-state index contributed by atoms with van der Waals surface area (Å²) in [6.07, 6.45) is 0. The van der Waals surface area contributed by atoms with Crippen molar-refractivity contribution in [3.05, 3.63) is 91.8 Å². The Morgan fingerprint density at radius 3 is 2.62 bits per heavy atom. The third kappa shape index (κ3) is 3.10. The van der Waals surface area contributed by atoms with Crippen LogP contribution in [0.15, 0.2) is 75.9 Å². The van der Waals surface area contributed by atoms with E-state index >= 15 is 0 Å². The van der Waals surface area contributed by atoms with Crippen LogP contribution in [-0.4, -0.2) is 5.97 Å². The molecule has 26 heavy (non-hydrogen) atoms. The number of fused-ring (bicyclic) bond motifs is 3. The molecule has 0 bridgehead atoms. The van der Waals surface area contributed by atoms with Crippen LogP contribution in [0.5, 0.6) is 0 Å². The van der Waals surface area contributed by atoms with Gasteiger partial charge in [-0.15, -0.1) is 0 Å². The van der Waals surface area contributed by atoms with E-state index in [1.165, 1.54) is 6.07 Å². The van der Waals surface area contributed by atoms with Gasteiger partial charge in [0.15, 0.2) is 0 Å². The topological polar surface area (TPSA) is 56.5 Å². The molecule has 0 atom stereocenters. The van der Waals surface area contributed by atoms with E-state index in [0.29, 0.717) is 16.7 Å². The Morgan fingerprint density at radius 1 is 1.00 bits per heavy atom. The summed E-state index contributed by atoms with van der Waals surface area (Å²) in [5.41, 5.74) is 1.15. The third-order valence-corrected chi connectivity index (χ3v) is 5.11. The molecule has 0 fully saturated rings. The summed E-state index contributed by atoms with van der Waals surface area (Å²) in [5, 5.41) is 2.77. The van der Waals surface area contributed by atoms with Crippen LogP contribution in [0.3, 0.4) is 0 Å². The largest absolute Gasteiger partial charge is 0.457 e. The molecule has 0 aliphatic carbocycles. The number of halogens is 1. The van der Waals surface area contributed by atoms with Gasteiger partial charge in [0.2, 0.25) is 0 Å². The zero-order chi connectivity index (χ0) is 18.1. The molecule has 3 aromatic carbocycles. The molecule has 4 rings (SSSR count). The minimum absolute atomic E-state index is 0.0000841. The first-order valence-electron chi connectivity index (χ1n) is 7.99. The molecule has 0 aliphatic rings. The highest BCUT2D eigenvalue weighted by molar-refractivity contribution is 14.1. The molecule has 0 radical (unpaired) electrons. The van der Waals surface area contributed by atoms with E-state index in [1.807, 2.05) is 42.5 Å². The maximum absolute atomic E-state index is 12.4. The van der Waals surface area contributed by atoms with E-state index in [1.54, 1.807) is 18.2 Å².